The SMILES string of the molecule is CCOC(=O)c1ccc(N2CCCC2)c(Nc2ccccc2C)c1C. The molecule has 2 aromatic rings. The smallest absolute Gasteiger partial charge is 0.338 e. The van der Waals surface area contributed by atoms with Crippen LogP contribution in [-0.4, -0.2) is 25.7 Å². The topological polar surface area (TPSA) is 41.6 Å². The van der Waals surface area contributed by atoms with Crippen molar-refractivity contribution in [2.45, 2.75) is 33.6 Å². The van der Waals surface area contributed by atoms with E-state index in [9.17, 15) is 4.79 Å². The third kappa shape index (κ3) is 3.63. The summed E-state index contributed by atoms with van der Waals surface area (Å²) in [7, 11) is 0. The van der Waals surface area contributed by atoms with Crippen molar-refractivity contribution in [2.75, 3.05) is 29.9 Å². The van der Waals surface area contributed by atoms with Crippen molar-refractivity contribution in [1.29, 1.82) is 0 Å². The van der Waals surface area contributed by atoms with Crippen LogP contribution in [0, 0.1) is 13.8 Å². The highest BCUT2D eigenvalue weighted by Gasteiger charge is 2.21. The predicted octanol–water partition coefficient (Wildman–Crippen LogP) is 4.82. The van der Waals surface area contributed by atoms with Crippen molar-refractivity contribution in [1.82, 2.24) is 0 Å². The average molecular weight is 338 g/mol. The van der Waals surface area contributed by atoms with Gasteiger partial charge in [-0.05, 0) is 62.9 Å². The van der Waals surface area contributed by atoms with E-state index in [-0.39, 0.29) is 5.97 Å². The molecule has 0 unspecified atom stereocenters. The lowest BCUT2D eigenvalue weighted by Gasteiger charge is -2.25. The second-order valence-electron chi connectivity index (χ2n) is 6.49. The zero-order valence-corrected chi connectivity index (χ0v) is 15.3. The van der Waals surface area contributed by atoms with E-state index in [1.807, 2.05) is 38.1 Å². The van der Waals surface area contributed by atoms with Crippen LogP contribution in [0.2, 0.25) is 0 Å². The molecule has 0 bridgehead atoms. The van der Waals surface area contributed by atoms with E-state index in [0.717, 1.165) is 35.7 Å². The highest BCUT2D eigenvalue weighted by atomic mass is 16.5. The lowest BCUT2D eigenvalue weighted by molar-refractivity contribution is 0.0525. The number of hydrogen-bond acceptors (Lipinski definition) is 4. The van der Waals surface area contributed by atoms with Crippen molar-refractivity contribution in [2.24, 2.45) is 0 Å². The molecule has 0 atom stereocenters. The number of benzene rings is 2. The van der Waals surface area contributed by atoms with Crippen LogP contribution in [0.1, 0.15) is 41.3 Å². The van der Waals surface area contributed by atoms with E-state index in [4.69, 9.17) is 4.74 Å². The molecule has 1 heterocycles. The van der Waals surface area contributed by atoms with Crippen LogP contribution in [0.4, 0.5) is 17.1 Å². The van der Waals surface area contributed by atoms with Gasteiger partial charge in [-0.25, -0.2) is 4.79 Å². The zero-order chi connectivity index (χ0) is 17.8. The van der Waals surface area contributed by atoms with Crippen LogP contribution in [0.5, 0.6) is 0 Å². The largest absolute Gasteiger partial charge is 0.462 e. The van der Waals surface area contributed by atoms with E-state index < -0.39 is 0 Å². The van der Waals surface area contributed by atoms with Crippen molar-refractivity contribution in [3.63, 3.8) is 0 Å². The minimum atomic E-state index is -0.263. The molecule has 25 heavy (non-hydrogen) atoms. The van der Waals surface area contributed by atoms with Gasteiger partial charge in [0.05, 0.1) is 23.5 Å². The first-order valence-corrected chi connectivity index (χ1v) is 9.00. The molecule has 0 aliphatic carbocycles. The molecule has 2 aromatic carbocycles. The van der Waals surface area contributed by atoms with Gasteiger partial charge < -0.3 is 15.0 Å². The van der Waals surface area contributed by atoms with Gasteiger partial charge in [0.1, 0.15) is 0 Å². The van der Waals surface area contributed by atoms with Gasteiger partial charge in [0.25, 0.3) is 0 Å². The molecule has 4 nitrogen and oxygen atoms in total. The summed E-state index contributed by atoms with van der Waals surface area (Å²) in [6, 6.07) is 12.1. The molecule has 0 aromatic heterocycles. The Morgan fingerprint density at radius 3 is 2.52 bits per heavy atom. The first kappa shape index (κ1) is 17.3. The highest BCUT2D eigenvalue weighted by molar-refractivity contribution is 5.96. The maximum atomic E-state index is 12.3. The molecule has 4 heteroatoms. The predicted molar refractivity (Wildman–Crippen MR) is 103 cm³/mol. The summed E-state index contributed by atoms with van der Waals surface area (Å²) < 4.78 is 5.22. The normalized spacial score (nSPS) is 13.8. The molecule has 0 saturated carbocycles. The summed E-state index contributed by atoms with van der Waals surface area (Å²) >= 11 is 0. The van der Waals surface area contributed by atoms with Gasteiger partial charge in [-0.15, -0.1) is 0 Å². The van der Waals surface area contributed by atoms with Crippen LogP contribution in [0.3, 0.4) is 0 Å². The number of rotatable bonds is 5. The van der Waals surface area contributed by atoms with Crippen LogP contribution in [0.25, 0.3) is 0 Å². The first-order chi connectivity index (χ1) is 12.1. The fourth-order valence-corrected chi connectivity index (χ4v) is 3.35. The van der Waals surface area contributed by atoms with Crippen molar-refractivity contribution in [3.05, 3.63) is 53.1 Å². The first-order valence-electron chi connectivity index (χ1n) is 9.00. The van der Waals surface area contributed by atoms with Crippen LogP contribution < -0.4 is 10.2 Å². The number of ether oxygens (including phenoxy) is 1. The molecule has 1 aliphatic rings. The molecule has 0 spiro atoms. The van der Waals surface area contributed by atoms with Gasteiger partial charge in [-0.3, -0.25) is 0 Å². The number of para-hydroxylation sites is 1. The monoisotopic (exact) mass is 338 g/mol. The summed E-state index contributed by atoms with van der Waals surface area (Å²) in [5, 5.41) is 3.57. The number of anilines is 3. The summed E-state index contributed by atoms with van der Waals surface area (Å²) in [5.41, 5.74) is 5.96. The molecule has 3 rings (SSSR count). The number of aryl methyl sites for hydroxylation is 1. The molecule has 0 radical (unpaired) electrons. The summed E-state index contributed by atoms with van der Waals surface area (Å²) in [6.45, 7) is 8.40. The lowest BCUT2D eigenvalue weighted by atomic mass is 10.0. The van der Waals surface area contributed by atoms with E-state index in [1.165, 1.54) is 18.4 Å². The molecule has 1 saturated heterocycles. The summed E-state index contributed by atoms with van der Waals surface area (Å²) in [5.74, 6) is -0.263. The van der Waals surface area contributed by atoms with Crippen molar-refractivity contribution >= 4 is 23.0 Å². The van der Waals surface area contributed by atoms with Gasteiger partial charge in [-0.2, -0.15) is 0 Å². The quantitative estimate of drug-likeness (QED) is 0.793. The Bertz CT molecular complexity index is 764. The molecule has 132 valence electrons. The molecule has 1 N–H and O–H groups in total. The van der Waals surface area contributed by atoms with Gasteiger partial charge in [-0.1, -0.05) is 18.2 Å². The standard InChI is InChI=1S/C21H26N2O2/c1-4-25-21(24)17-11-12-19(23-13-7-8-14-23)20(16(17)3)22-18-10-6-5-9-15(18)2/h5-6,9-12,22H,4,7-8,13-14H2,1-3H3. The molecule has 0 amide bonds. The number of carbonyl (C=O) groups is 1. The summed E-state index contributed by atoms with van der Waals surface area (Å²) in [4.78, 5) is 14.7. The maximum Gasteiger partial charge on any atom is 0.338 e. The van der Waals surface area contributed by atoms with E-state index in [1.54, 1.807) is 0 Å². The Balaban J connectivity index is 2.05. The minimum absolute atomic E-state index is 0.263. The Morgan fingerprint density at radius 1 is 1.12 bits per heavy atom. The van der Waals surface area contributed by atoms with E-state index in [2.05, 4.69) is 29.3 Å². The Hall–Kier alpha value is -2.49. The lowest BCUT2D eigenvalue weighted by Crippen LogP contribution is -2.20. The van der Waals surface area contributed by atoms with Gasteiger partial charge in [0, 0.05) is 18.8 Å². The fraction of sp³-hybridized carbons (Fsp3) is 0.381. The second-order valence-corrected chi connectivity index (χ2v) is 6.49. The van der Waals surface area contributed by atoms with E-state index >= 15 is 0 Å². The average Bonchev–Trinajstić information content (AvgIpc) is 3.13. The highest BCUT2D eigenvalue weighted by Crippen LogP contribution is 2.36. The van der Waals surface area contributed by atoms with Gasteiger partial charge in [0.2, 0.25) is 0 Å². The van der Waals surface area contributed by atoms with Gasteiger partial charge >= 0.3 is 5.97 Å². The van der Waals surface area contributed by atoms with E-state index in [0.29, 0.717) is 12.2 Å². The fourth-order valence-electron chi connectivity index (χ4n) is 3.35. The number of esters is 1. The van der Waals surface area contributed by atoms with Crippen LogP contribution in [0.15, 0.2) is 36.4 Å². The number of hydrogen-bond donors (Lipinski definition) is 1. The Kier molecular flexibility index (Phi) is 5.27. The zero-order valence-electron chi connectivity index (χ0n) is 15.3. The molecular formula is C21H26N2O2. The summed E-state index contributed by atoms with van der Waals surface area (Å²) in [6.07, 6.45) is 2.42. The molecule has 1 fully saturated rings. The number of nitrogens with zero attached hydrogens (tertiary/aromatic N) is 1. The Morgan fingerprint density at radius 2 is 1.84 bits per heavy atom. The van der Waals surface area contributed by atoms with Crippen molar-refractivity contribution in [3.8, 4) is 0 Å². The molecular weight excluding hydrogens is 312 g/mol. The number of nitrogens with one attached hydrogen (secondary N) is 1. The molecule has 1 aliphatic heterocycles. The van der Waals surface area contributed by atoms with Gasteiger partial charge in [0.15, 0.2) is 0 Å². The van der Waals surface area contributed by atoms with Crippen LogP contribution >= 0.6 is 0 Å². The van der Waals surface area contributed by atoms with Crippen LogP contribution in [-0.2, 0) is 4.74 Å². The third-order valence-corrected chi connectivity index (χ3v) is 4.79. The third-order valence-electron chi connectivity index (χ3n) is 4.79. The minimum Gasteiger partial charge on any atom is -0.462 e. The maximum absolute atomic E-state index is 12.3. The van der Waals surface area contributed by atoms with Crippen molar-refractivity contribution < 1.29 is 9.53 Å². The Labute approximate surface area is 149 Å². The second kappa shape index (κ2) is 7.60. The number of carbonyl (C=O) groups excluding carboxylic acids is 1.